The molecule has 2 aromatic rings. The molecule has 0 saturated carbocycles. The minimum Gasteiger partial charge on any atom is -0.496 e. The Morgan fingerprint density at radius 2 is 2.20 bits per heavy atom. The lowest BCUT2D eigenvalue weighted by molar-refractivity contribution is 0.0693. The molecule has 0 aliphatic heterocycles. The second kappa shape index (κ2) is 5.43. The average Bonchev–Trinajstić information content (AvgIpc) is 2.89. The molecule has 0 amide bonds. The molecule has 2 rings (SSSR count). The van der Waals surface area contributed by atoms with Crippen LogP contribution in [0.25, 0.3) is 0 Å². The predicted octanol–water partition coefficient (Wildman–Crippen LogP) is 1.05. The van der Waals surface area contributed by atoms with Crippen molar-refractivity contribution in [2.24, 2.45) is 0 Å². The monoisotopic (exact) mass is 315 g/mol. The Bertz CT molecular complexity index is 727. The van der Waals surface area contributed by atoms with Gasteiger partial charge < -0.3 is 9.84 Å². The van der Waals surface area contributed by atoms with Crippen molar-refractivity contribution in [3.05, 3.63) is 30.0 Å². The third-order valence-corrected chi connectivity index (χ3v) is 4.38. The van der Waals surface area contributed by atoms with Crippen molar-refractivity contribution in [3.8, 4) is 5.75 Å². The molecule has 0 aliphatic rings. The highest BCUT2D eigenvalue weighted by atomic mass is 32.2. The van der Waals surface area contributed by atoms with Crippen LogP contribution < -0.4 is 9.46 Å². The number of carboxylic acids is 1. The molecule has 20 heavy (non-hydrogen) atoms. The van der Waals surface area contributed by atoms with E-state index in [1.807, 2.05) is 0 Å². The summed E-state index contributed by atoms with van der Waals surface area (Å²) in [7, 11) is -2.60. The SMILES string of the molecule is COc1ccc(S(=O)(=O)Nc2cnns2)cc1C(=O)O. The number of sulfonamides is 1. The molecule has 0 radical (unpaired) electrons. The highest BCUT2D eigenvalue weighted by Gasteiger charge is 2.20. The fourth-order valence-corrected chi connectivity index (χ4v) is 3.14. The maximum Gasteiger partial charge on any atom is 0.339 e. The van der Waals surface area contributed by atoms with Crippen LogP contribution in [-0.2, 0) is 10.0 Å². The molecule has 0 saturated heterocycles. The van der Waals surface area contributed by atoms with Crippen molar-refractivity contribution in [3.63, 3.8) is 0 Å². The number of carboxylic acid groups (broad SMARTS) is 1. The number of methoxy groups -OCH3 is 1. The van der Waals surface area contributed by atoms with Gasteiger partial charge in [0.1, 0.15) is 16.3 Å². The Balaban J connectivity index is 2.42. The van der Waals surface area contributed by atoms with Crippen LogP contribution in [0, 0.1) is 0 Å². The van der Waals surface area contributed by atoms with Gasteiger partial charge in [0.25, 0.3) is 10.0 Å². The Morgan fingerprint density at radius 1 is 1.45 bits per heavy atom. The first-order chi connectivity index (χ1) is 9.44. The number of ether oxygens (including phenoxy) is 1. The number of hydrogen-bond acceptors (Lipinski definition) is 7. The molecule has 0 aliphatic carbocycles. The van der Waals surface area contributed by atoms with E-state index < -0.39 is 16.0 Å². The molecular weight excluding hydrogens is 306 g/mol. The number of rotatable bonds is 5. The maximum atomic E-state index is 12.1. The number of nitrogens with one attached hydrogen (secondary N) is 1. The Labute approximate surface area is 118 Å². The van der Waals surface area contributed by atoms with E-state index in [2.05, 4.69) is 14.3 Å². The van der Waals surface area contributed by atoms with Gasteiger partial charge in [-0.15, -0.1) is 5.10 Å². The van der Waals surface area contributed by atoms with Crippen LogP contribution in [0.3, 0.4) is 0 Å². The lowest BCUT2D eigenvalue weighted by Crippen LogP contribution is -2.13. The molecule has 1 aromatic carbocycles. The van der Waals surface area contributed by atoms with E-state index in [-0.39, 0.29) is 21.2 Å². The quantitative estimate of drug-likeness (QED) is 0.846. The first kappa shape index (κ1) is 14.2. The normalized spacial score (nSPS) is 11.1. The molecule has 10 heteroatoms. The van der Waals surface area contributed by atoms with Crippen LogP contribution >= 0.6 is 11.5 Å². The van der Waals surface area contributed by atoms with Gasteiger partial charge in [-0.1, -0.05) is 4.49 Å². The number of aromatic carboxylic acids is 1. The van der Waals surface area contributed by atoms with Crippen molar-refractivity contribution >= 4 is 32.5 Å². The highest BCUT2D eigenvalue weighted by Crippen LogP contribution is 2.24. The molecule has 2 N–H and O–H groups in total. The summed E-state index contributed by atoms with van der Waals surface area (Å²) in [6, 6.07) is 3.56. The van der Waals surface area contributed by atoms with E-state index >= 15 is 0 Å². The Morgan fingerprint density at radius 3 is 2.75 bits per heavy atom. The van der Waals surface area contributed by atoms with Crippen LogP contribution in [0.5, 0.6) is 5.75 Å². The van der Waals surface area contributed by atoms with Gasteiger partial charge in [-0.25, -0.2) is 13.2 Å². The van der Waals surface area contributed by atoms with Gasteiger partial charge in [0, 0.05) is 11.5 Å². The fraction of sp³-hybridized carbons (Fsp3) is 0.100. The number of benzene rings is 1. The van der Waals surface area contributed by atoms with E-state index in [4.69, 9.17) is 9.84 Å². The number of anilines is 1. The van der Waals surface area contributed by atoms with Gasteiger partial charge in [-0.2, -0.15) is 0 Å². The van der Waals surface area contributed by atoms with Gasteiger partial charge >= 0.3 is 5.97 Å². The van der Waals surface area contributed by atoms with Gasteiger partial charge in [0.15, 0.2) is 0 Å². The van der Waals surface area contributed by atoms with E-state index in [9.17, 15) is 13.2 Å². The molecule has 0 bridgehead atoms. The minimum absolute atomic E-state index is 0.0795. The number of hydrogen-bond donors (Lipinski definition) is 2. The zero-order valence-electron chi connectivity index (χ0n) is 10.1. The zero-order chi connectivity index (χ0) is 14.8. The molecule has 8 nitrogen and oxygen atoms in total. The second-order valence-electron chi connectivity index (χ2n) is 3.55. The summed E-state index contributed by atoms with van der Waals surface area (Å²) >= 11 is 0.870. The fourth-order valence-electron chi connectivity index (χ4n) is 1.42. The summed E-state index contributed by atoms with van der Waals surface area (Å²) in [4.78, 5) is 10.9. The Hall–Kier alpha value is -2.20. The summed E-state index contributed by atoms with van der Waals surface area (Å²) in [6.45, 7) is 0. The minimum atomic E-state index is -3.90. The van der Waals surface area contributed by atoms with E-state index in [1.165, 1.54) is 25.4 Å². The predicted molar refractivity (Wildman–Crippen MR) is 70.7 cm³/mol. The molecule has 106 valence electrons. The molecule has 1 heterocycles. The largest absolute Gasteiger partial charge is 0.496 e. The van der Waals surface area contributed by atoms with Crippen LogP contribution in [0.15, 0.2) is 29.3 Å². The second-order valence-corrected chi connectivity index (χ2v) is 6.02. The van der Waals surface area contributed by atoms with Crippen LogP contribution in [0.2, 0.25) is 0 Å². The van der Waals surface area contributed by atoms with Crippen molar-refractivity contribution < 1.29 is 23.1 Å². The molecular formula is C10H9N3O5S2. The van der Waals surface area contributed by atoms with Gasteiger partial charge in [0.2, 0.25) is 0 Å². The standard InChI is InChI=1S/C10H9N3O5S2/c1-18-8-3-2-6(4-7(8)10(14)15)20(16,17)12-9-5-11-13-19-9/h2-5,12H,1H3,(H,14,15). The lowest BCUT2D eigenvalue weighted by Gasteiger charge is -2.09. The maximum absolute atomic E-state index is 12.1. The molecule has 0 fully saturated rings. The lowest BCUT2D eigenvalue weighted by atomic mass is 10.2. The van der Waals surface area contributed by atoms with Crippen molar-refractivity contribution in [1.29, 1.82) is 0 Å². The highest BCUT2D eigenvalue weighted by molar-refractivity contribution is 7.93. The van der Waals surface area contributed by atoms with Crippen molar-refractivity contribution in [2.45, 2.75) is 4.90 Å². The average molecular weight is 315 g/mol. The third kappa shape index (κ3) is 2.86. The Kier molecular flexibility index (Phi) is 3.86. The number of carbonyl (C=O) groups is 1. The summed E-state index contributed by atoms with van der Waals surface area (Å²) < 4.78 is 34.8. The van der Waals surface area contributed by atoms with Gasteiger partial charge in [-0.3, -0.25) is 4.72 Å². The molecule has 1 aromatic heterocycles. The topological polar surface area (TPSA) is 118 Å². The van der Waals surface area contributed by atoms with Gasteiger partial charge in [0.05, 0.1) is 18.2 Å². The van der Waals surface area contributed by atoms with Crippen LogP contribution in [-0.4, -0.2) is 36.2 Å². The molecule has 0 unspecified atom stereocenters. The molecule has 0 atom stereocenters. The van der Waals surface area contributed by atoms with Crippen LogP contribution in [0.4, 0.5) is 5.00 Å². The number of aromatic nitrogens is 2. The third-order valence-electron chi connectivity index (χ3n) is 2.31. The van der Waals surface area contributed by atoms with Crippen LogP contribution in [0.1, 0.15) is 10.4 Å². The van der Waals surface area contributed by atoms with Crippen molar-refractivity contribution in [2.75, 3.05) is 11.8 Å². The van der Waals surface area contributed by atoms with E-state index in [0.717, 1.165) is 17.6 Å². The number of nitrogens with zero attached hydrogens (tertiary/aromatic N) is 2. The summed E-state index contributed by atoms with van der Waals surface area (Å²) in [5.74, 6) is -1.20. The summed E-state index contributed by atoms with van der Waals surface area (Å²) in [6.07, 6.45) is 1.25. The summed E-state index contributed by atoms with van der Waals surface area (Å²) in [5.41, 5.74) is -0.238. The van der Waals surface area contributed by atoms with Gasteiger partial charge in [-0.05, 0) is 18.2 Å². The van der Waals surface area contributed by atoms with E-state index in [0.29, 0.717) is 0 Å². The summed E-state index contributed by atoms with van der Waals surface area (Å²) in [5, 5.41) is 12.8. The van der Waals surface area contributed by atoms with Crippen molar-refractivity contribution in [1.82, 2.24) is 9.59 Å². The first-order valence-electron chi connectivity index (χ1n) is 5.15. The smallest absolute Gasteiger partial charge is 0.339 e. The van der Waals surface area contributed by atoms with E-state index in [1.54, 1.807) is 0 Å². The molecule has 0 spiro atoms. The first-order valence-corrected chi connectivity index (χ1v) is 7.41. The zero-order valence-corrected chi connectivity index (χ0v) is 11.7.